The summed E-state index contributed by atoms with van der Waals surface area (Å²) >= 11 is 0. The molecule has 0 aromatic heterocycles. The van der Waals surface area contributed by atoms with Crippen molar-refractivity contribution in [3.63, 3.8) is 0 Å². The second-order valence-corrected chi connectivity index (χ2v) is 5.29. The van der Waals surface area contributed by atoms with E-state index in [-0.39, 0.29) is 5.91 Å². The average Bonchev–Trinajstić information content (AvgIpc) is 2.46. The van der Waals surface area contributed by atoms with Crippen molar-refractivity contribution in [2.75, 3.05) is 20.6 Å². The molecule has 0 heterocycles. The lowest BCUT2D eigenvalue weighted by Crippen LogP contribution is -3.10. The Morgan fingerprint density at radius 1 is 1.35 bits per heavy atom. The summed E-state index contributed by atoms with van der Waals surface area (Å²) in [5.74, 6) is -0.245. The summed E-state index contributed by atoms with van der Waals surface area (Å²) in [6.45, 7) is 0.298. The Kier molecular flexibility index (Phi) is 4.74. The standard InChI is InChI=1S/C15H21N3O2/c1-16-15(20)17-14(19)10-18(2)13-9-5-7-11-6-3-4-8-12(11)13/h3-4,6,8,13H,5,7,9-10H2,1-2H3,(H2,16,17,19,20)/p+1/t13-/m0/s1. The van der Waals surface area contributed by atoms with Crippen LogP contribution in [0.5, 0.6) is 0 Å². The zero-order valence-corrected chi connectivity index (χ0v) is 12.0. The number of rotatable bonds is 3. The Labute approximate surface area is 119 Å². The zero-order chi connectivity index (χ0) is 14.5. The molecule has 0 radical (unpaired) electrons. The third kappa shape index (κ3) is 3.36. The van der Waals surface area contributed by atoms with Gasteiger partial charge in [0.15, 0.2) is 6.54 Å². The van der Waals surface area contributed by atoms with Crippen molar-refractivity contribution in [3.05, 3.63) is 35.4 Å². The van der Waals surface area contributed by atoms with Crippen LogP contribution >= 0.6 is 0 Å². The van der Waals surface area contributed by atoms with Crippen molar-refractivity contribution >= 4 is 11.9 Å². The van der Waals surface area contributed by atoms with E-state index in [9.17, 15) is 9.59 Å². The maximum absolute atomic E-state index is 11.8. The first-order valence-electron chi connectivity index (χ1n) is 7.03. The topological polar surface area (TPSA) is 62.6 Å². The number of benzene rings is 1. The number of carbonyl (C=O) groups excluding carboxylic acids is 2. The van der Waals surface area contributed by atoms with Crippen LogP contribution in [-0.4, -0.2) is 32.6 Å². The highest BCUT2D eigenvalue weighted by Crippen LogP contribution is 2.27. The van der Waals surface area contributed by atoms with Crippen LogP contribution in [0.4, 0.5) is 4.79 Å². The van der Waals surface area contributed by atoms with Crippen molar-refractivity contribution < 1.29 is 14.5 Å². The number of hydrogen-bond donors (Lipinski definition) is 3. The van der Waals surface area contributed by atoms with Gasteiger partial charge in [-0.05, 0) is 18.4 Å². The molecule has 0 saturated heterocycles. The van der Waals surface area contributed by atoms with Crippen LogP contribution in [-0.2, 0) is 11.2 Å². The van der Waals surface area contributed by atoms with Gasteiger partial charge in [-0.3, -0.25) is 10.1 Å². The van der Waals surface area contributed by atoms with Crippen LogP contribution < -0.4 is 15.5 Å². The lowest BCUT2D eigenvalue weighted by molar-refractivity contribution is -0.905. The zero-order valence-electron chi connectivity index (χ0n) is 12.0. The highest BCUT2D eigenvalue weighted by atomic mass is 16.2. The number of urea groups is 1. The van der Waals surface area contributed by atoms with Gasteiger partial charge in [0, 0.05) is 19.0 Å². The molecule has 0 bridgehead atoms. The molecule has 2 rings (SSSR count). The van der Waals surface area contributed by atoms with E-state index in [1.54, 1.807) is 0 Å². The summed E-state index contributed by atoms with van der Waals surface area (Å²) in [5.41, 5.74) is 2.72. The highest BCUT2D eigenvalue weighted by Gasteiger charge is 2.28. The second kappa shape index (κ2) is 6.52. The summed E-state index contributed by atoms with van der Waals surface area (Å²) in [7, 11) is 3.51. The highest BCUT2D eigenvalue weighted by molar-refractivity contribution is 5.94. The molecule has 1 unspecified atom stereocenters. The number of nitrogens with one attached hydrogen (secondary N) is 3. The smallest absolute Gasteiger partial charge is 0.321 e. The van der Waals surface area contributed by atoms with Gasteiger partial charge in [0.05, 0.1) is 7.05 Å². The Bertz CT molecular complexity index is 502. The lowest BCUT2D eigenvalue weighted by atomic mass is 9.87. The molecule has 5 nitrogen and oxygen atoms in total. The van der Waals surface area contributed by atoms with E-state index in [4.69, 9.17) is 0 Å². The Morgan fingerprint density at radius 3 is 2.85 bits per heavy atom. The number of likely N-dealkylation sites (N-methyl/N-ethyl adjacent to an activating group) is 1. The normalized spacial score (nSPS) is 18.8. The monoisotopic (exact) mass is 276 g/mol. The quantitative estimate of drug-likeness (QED) is 0.729. The van der Waals surface area contributed by atoms with Crippen molar-refractivity contribution in [2.45, 2.75) is 25.3 Å². The minimum atomic E-state index is -0.452. The molecule has 3 amide bonds. The largest absolute Gasteiger partial charge is 0.341 e. The molecule has 1 aliphatic rings. The van der Waals surface area contributed by atoms with Crippen LogP contribution in [0.15, 0.2) is 24.3 Å². The summed E-state index contributed by atoms with van der Waals surface area (Å²) in [6.07, 6.45) is 3.34. The van der Waals surface area contributed by atoms with Crippen LogP contribution in [0.2, 0.25) is 0 Å². The number of imide groups is 1. The maximum Gasteiger partial charge on any atom is 0.321 e. The van der Waals surface area contributed by atoms with E-state index in [1.165, 1.54) is 18.2 Å². The molecule has 2 atom stereocenters. The third-order valence-corrected chi connectivity index (χ3v) is 3.88. The number of hydrogen-bond acceptors (Lipinski definition) is 2. The summed E-state index contributed by atoms with van der Waals surface area (Å²) < 4.78 is 0. The van der Waals surface area contributed by atoms with Crippen molar-refractivity contribution in [1.82, 2.24) is 10.6 Å². The molecule has 0 aliphatic heterocycles. The minimum absolute atomic E-state index is 0.245. The van der Waals surface area contributed by atoms with E-state index in [0.717, 1.165) is 24.2 Å². The van der Waals surface area contributed by atoms with Gasteiger partial charge in [-0.1, -0.05) is 24.3 Å². The molecule has 108 valence electrons. The average molecular weight is 276 g/mol. The first kappa shape index (κ1) is 14.5. The van der Waals surface area contributed by atoms with E-state index in [2.05, 4.69) is 34.9 Å². The SMILES string of the molecule is CNC(=O)NC(=O)C[NH+](C)[C@H]1CCCc2ccccc21. The lowest BCUT2D eigenvalue weighted by Gasteiger charge is -2.30. The van der Waals surface area contributed by atoms with Crippen molar-refractivity contribution in [2.24, 2.45) is 0 Å². The fourth-order valence-corrected chi connectivity index (χ4v) is 2.88. The Hall–Kier alpha value is -1.88. The molecule has 1 aliphatic carbocycles. The van der Waals surface area contributed by atoms with Gasteiger partial charge in [0.25, 0.3) is 5.91 Å². The predicted octanol–water partition coefficient (Wildman–Crippen LogP) is 0.0343. The van der Waals surface area contributed by atoms with Gasteiger partial charge >= 0.3 is 6.03 Å². The van der Waals surface area contributed by atoms with Crippen LogP contribution in [0, 0.1) is 0 Å². The van der Waals surface area contributed by atoms with Gasteiger partial charge < -0.3 is 10.2 Å². The molecule has 0 saturated carbocycles. The number of amides is 3. The van der Waals surface area contributed by atoms with Crippen LogP contribution in [0.25, 0.3) is 0 Å². The molecular weight excluding hydrogens is 254 g/mol. The van der Waals surface area contributed by atoms with Gasteiger partial charge in [-0.2, -0.15) is 0 Å². The first-order chi connectivity index (χ1) is 9.61. The van der Waals surface area contributed by atoms with Gasteiger partial charge in [0.1, 0.15) is 6.04 Å². The number of fused-ring (bicyclic) bond motifs is 1. The number of carbonyl (C=O) groups is 2. The predicted molar refractivity (Wildman–Crippen MR) is 76.5 cm³/mol. The molecule has 1 aromatic carbocycles. The fraction of sp³-hybridized carbons (Fsp3) is 0.467. The molecular formula is C15H22N3O2+. The van der Waals surface area contributed by atoms with E-state index in [1.807, 2.05) is 7.05 Å². The summed E-state index contributed by atoms with van der Waals surface area (Å²) in [6, 6.07) is 8.31. The molecule has 5 heteroatoms. The Balaban J connectivity index is 2.02. The third-order valence-electron chi connectivity index (χ3n) is 3.88. The minimum Gasteiger partial charge on any atom is -0.341 e. The van der Waals surface area contributed by atoms with E-state index in [0.29, 0.717) is 12.6 Å². The molecule has 0 fully saturated rings. The molecule has 20 heavy (non-hydrogen) atoms. The van der Waals surface area contributed by atoms with Crippen LogP contribution in [0.3, 0.4) is 0 Å². The summed E-state index contributed by atoms with van der Waals surface area (Å²) in [5, 5.41) is 4.70. The fourth-order valence-electron chi connectivity index (χ4n) is 2.88. The number of quaternary nitrogens is 1. The van der Waals surface area contributed by atoms with E-state index < -0.39 is 6.03 Å². The summed E-state index contributed by atoms with van der Waals surface area (Å²) in [4.78, 5) is 24.0. The molecule has 1 aromatic rings. The Morgan fingerprint density at radius 2 is 2.10 bits per heavy atom. The van der Waals surface area contributed by atoms with E-state index >= 15 is 0 Å². The molecule has 3 N–H and O–H groups in total. The second-order valence-electron chi connectivity index (χ2n) is 5.29. The number of aryl methyl sites for hydroxylation is 1. The van der Waals surface area contributed by atoms with Crippen LogP contribution in [0.1, 0.15) is 30.0 Å². The van der Waals surface area contributed by atoms with Crippen molar-refractivity contribution in [3.8, 4) is 0 Å². The van der Waals surface area contributed by atoms with Crippen molar-refractivity contribution in [1.29, 1.82) is 0 Å². The van der Waals surface area contributed by atoms with Gasteiger partial charge in [-0.25, -0.2) is 4.79 Å². The first-order valence-corrected chi connectivity index (χ1v) is 7.03. The van der Waals surface area contributed by atoms with Gasteiger partial charge in [-0.15, -0.1) is 0 Å². The maximum atomic E-state index is 11.8. The molecule has 0 spiro atoms. The van der Waals surface area contributed by atoms with Gasteiger partial charge in [0.2, 0.25) is 0 Å².